The Morgan fingerprint density at radius 1 is 1.07 bits per heavy atom. The second kappa shape index (κ2) is 8.47. The molecule has 4 rings (SSSR count). The number of allylic oxidation sites excluding steroid dienone is 3. The maximum atomic E-state index is 13.3. The summed E-state index contributed by atoms with van der Waals surface area (Å²) in [5.41, 5.74) is 3.11. The van der Waals surface area contributed by atoms with Gasteiger partial charge in [0.15, 0.2) is 17.0 Å². The van der Waals surface area contributed by atoms with Crippen LogP contribution < -0.4 is 4.57 Å². The fourth-order valence-electron chi connectivity index (χ4n) is 3.27. The van der Waals surface area contributed by atoms with Gasteiger partial charge in [-0.3, -0.25) is 0 Å². The van der Waals surface area contributed by atoms with Crippen LogP contribution in [0.4, 0.5) is 0 Å². The molecule has 2 heterocycles. The predicted molar refractivity (Wildman–Crippen MR) is 116 cm³/mol. The van der Waals surface area contributed by atoms with E-state index < -0.39 is 5.97 Å². The number of fused-ring (bicyclic) bond motifs is 1. The van der Waals surface area contributed by atoms with Crippen LogP contribution in [-0.4, -0.2) is 24.0 Å². The largest absolute Gasteiger partial charge is 0.465 e. The molecular weight excluding hydrogens is 396 g/mol. The maximum Gasteiger partial charge on any atom is 0.372 e. The Labute approximate surface area is 178 Å². The molecular formula is C24H19N2O3S+. The molecule has 0 radical (unpaired) electrons. The molecule has 0 bridgehead atoms. The molecule has 1 aliphatic heterocycles. The molecule has 0 N–H and O–H groups in total. The Balaban J connectivity index is 1.81. The van der Waals surface area contributed by atoms with Crippen LogP contribution in [0.25, 0.3) is 17.3 Å². The van der Waals surface area contributed by atoms with Crippen molar-refractivity contribution in [2.24, 2.45) is 0 Å². The van der Waals surface area contributed by atoms with Gasteiger partial charge in [0.1, 0.15) is 4.91 Å². The van der Waals surface area contributed by atoms with Gasteiger partial charge in [0.25, 0.3) is 0 Å². The predicted octanol–water partition coefficient (Wildman–Crippen LogP) is 4.47. The summed E-state index contributed by atoms with van der Waals surface area (Å²) in [4.78, 5) is 30.8. The molecule has 0 saturated heterocycles. The van der Waals surface area contributed by atoms with Gasteiger partial charge in [0.05, 0.1) is 7.11 Å². The summed E-state index contributed by atoms with van der Waals surface area (Å²) in [6.07, 6.45) is 5.56. The van der Waals surface area contributed by atoms with E-state index in [1.807, 2.05) is 72.8 Å². The smallest absolute Gasteiger partial charge is 0.372 e. The van der Waals surface area contributed by atoms with Gasteiger partial charge in [-0.2, -0.15) is 0 Å². The van der Waals surface area contributed by atoms with Gasteiger partial charge in [-0.15, -0.1) is 4.57 Å². The monoisotopic (exact) mass is 415 g/mol. The normalized spacial score (nSPS) is 14.3. The number of aryl methyl sites for hydroxylation is 1. The first-order valence-corrected chi connectivity index (χ1v) is 10.2. The topological polar surface area (TPSA) is 60.1 Å². The molecule has 2 aromatic carbocycles. The fourth-order valence-corrected chi connectivity index (χ4v) is 4.24. The molecule has 0 fully saturated rings. The number of benzene rings is 2. The minimum absolute atomic E-state index is 0.218. The Hall–Kier alpha value is -3.51. The third-order valence-electron chi connectivity index (χ3n) is 4.66. The molecule has 0 saturated carbocycles. The Bertz CT molecular complexity index is 1190. The lowest BCUT2D eigenvalue weighted by Gasteiger charge is -2.09. The molecule has 148 valence electrons. The second-order valence-electron chi connectivity index (χ2n) is 6.60. The molecule has 0 atom stereocenters. The first kappa shape index (κ1) is 19.8. The average Bonchev–Trinajstić information content (AvgIpc) is 3.08. The van der Waals surface area contributed by atoms with Crippen LogP contribution in [0.2, 0.25) is 0 Å². The third kappa shape index (κ3) is 3.69. The number of nitrogens with zero attached hydrogens (tertiary/aromatic N) is 2. The summed E-state index contributed by atoms with van der Waals surface area (Å²) in [6, 6.07) is 19.2. The molecule has 5 nitrogen and oxygen atoms in total. The van der Waals surface area contributed by atoms with Gasteiger partial charge in [-0.05, 0) is 16.6 Å². The first-order valence-electron chi connectivity index (χ1n) is 9.36. The van der Waals surface area contributed by atoms with Gasteiger partial charge >= 0.3 is 17.0 Å². The summed E-state index contributed by atoms with van der Waals surface area (Å²) >= 11 is 1.29. The molecule has 30 heavy (non-hydrogen) atoms. The van der Waals surface area contributed by atoms with Crippen molar-refractivity contribution in [3.05, 3.63) is 94.5 Å². The van der Waals surface area contributed by atoms with E-state index in [2.05, 4.69) is 4.98 Å². The van der Waals surface area contributed by atoms with Crippen molar-refractivity contribution < 1.29 is 18.9 Å². The van der Waals surface area contributed by atoms with Crippen LogP contribution >= 0.6 is 11.8 Å². The molecule has 0 spiro atoms. The minimum atomic E-state index is -0.520. The maximum absolute atomic E-state index is 13.3. The molecule has 0 unspecified atom stereocenters. The summed E-state index contributed by atoms with van der Waals surface area (Å²) in [5, 5.41) is 0.531. The molecule has 3 aromatic rings. The number of hydrogen-bond acceptors (Lipinski definition) is 5. The zero-order chi connectivity index (χ0) is 21.1. The highest BCUT2D eigenvalue weighted by Crippen LogP contribution is 2.34. The number of carbonyl (C=O) groups excluding carboxylic acids is 2. The van der Waals surface area contributed by atoms with E-state index in [0.29, 0.717) is 27.0 Å². The lowest BCUT2D eigenvalue weighted by molar-refractivity contribution is -0.601. The number of methoxy groups -OCH3 is 1. The fraction of sp³-hybridized carbons (Fsp3) is 0.0833. The number of ether oxygens (including phenoxy) is 1. The van der Waals surface area contributed by atoms with Crippen molar-refractivity contribution >= 4 is 29.7 Å². The number of carbonyl (C=O) groups is 2. The van der Waals surface area contributed by atoms with Crippen molar-refractivity contribution in [3.63, 3.8) is 0 Å². The Kier molecular flexibility index (Phi) is 5.59. The number of aromatic nitrogens is 2. The molecule has 0 aliphatic carbocycles. The highest BCUT2D eigenvalue weighted by molar-refractivity contribution is 8.04. The van der Waals surface area contributed by atoms with E-state index in [0.717, 1.165) is 11.1 Å². The zero-order valence-electron chi connectivity index (χ0n) is 16.5. The second-order valence-corrected chi connectivity index (χ2v) is 7.61. The number of esters is 1. The SMILES string of the molecule is COC(=O)c1c(C)nc2[n+](c1-c1ccccc1)C(=O)/C(=C\C=C/c1ccccc1)S2. The standard InChI is InChI=1S/C24H19N2O3S/c1-16-20(23(28)29-2)21(18-13-7-4-8-14-18)26-22(27)19(30-24(26)25-16)15-9-12-17-10-5-3-6-11-17/h3-15H,1-2H3/q+1/b12-9-,19-15+. The number of hydrogen-bond donors (Lipinski definition) is 0. The van der Waals surface area contributed by atoms with Crippen LogP contribution in [0.5, 0.6) is 0 Å². The van der Waals surface area contributed by atoms with Gasteiger partial charge < -0.3 is 4.74 Å². The van der Waals surface area contributed by atoms with Crippen molar-refractivity contribution in [1.29, 1.82) is 0 Å². The van der Waals surface area contributed by atoms with Crippen LogP contribution in [0.15, 0.2) is 82.9 Å². The minimum Gasteiger partial charge on any atom is -0.465 e. The third-order valence-corrected chi connectivity index (χ3v) is 5.65. The Morgan fingerprint density at radius 2 is 1.73 bits per heavy atom. The van der Waals surface area contributed by atoms with E-state index in [1.54, 1.807) is 13.0 Å². The van der Waals surface area contributed by atoms with Gasteiger partial charge in [-0.25, -0.2) is 9.59 Å². The van der Waals surface area contributed by atoms with Gasteiger partial charge in [0.2, 0.25) is 0 Å². The summed E-state index contributed by atoms with van der Waals surface area (Å²) < 4.78 is 6.48. The highest BCUT2D eigenvalue weighted by atomic mass is 32.2. The van der Waals surface area contributed by atoms with E-state index in [-0.39, 0.29) is 5.91 Å². The van der Waals surface area contributed by atoms with Crippen LogP contribution in [0.1, 0.15) is 26.4 Å². The highest BCUT2D eigenvalue weighted by Gasteiger charge is 2.41. The lowest BCUT2D eigenvalue weighted by Crippen LogP contribution is -2.45. The van der Waals surface area contributed by atoms with Crippen LogP contribution in [0, 0.1) is 6.92 Å². The summed E-state index contributed by atoms with van der Waals surface area (Å²) in [7, 11) is 1.32. The quantitative estimate of drug-likeness (QED) is 0.272. The van der Waals surface area contributed by atoms with Crippen LogP contribution in [0.3, 0.4) is 0 Å². The Morgan fingerprint density at radius 3 is 2.40 bits per heavy atom. The van der Waals surface area contributed by atoms with Crippen molar-refractivity contribution in [2.45, 2.75) is 12.1 Å². The number of thioether (sulfide) groups is 1. The first-order chi connectivity index (χ1) is 14.6. The average molecular weight is 415 g/mol. The van der Waals surface area contributed by atoms with E-state index >= 15 is 0 Å². The molecule has 6 heteroatoms. The number of rotatable bonds is 4. The lowest BCUT2D eigenvalue weighted by atomic mass is 10.0. The van der Waals surface area contributed by atoms with Crippen LogP contribution in [-0.2, 0) is 4.74 Å². The van der Waals surface area contributed by atoms with Gasteiger partial charge in [0, 0.05) is 24.2 Å². The van der Waals surface area contributed by atoms with Crippen molar-refractivity contribution in [2.75, 3.05) is 7.11 Å². The van der Waals surface area contributed by atoms with Crippen molar-refractivity contribution in [1.82, 2.24) is 4.98 Å². The molecule has 1 aliphatic rings. The molecule has 0 amide bonds. The van der Waals surface area contributed by atoms with Gasteiger partial charge in [-0.1, -0.05) is 72.8 Å². The molecule has 1 aromatic heterocycles. The van der Waals surface area contributed by atoms with E-state index in [4.69, 9.17) is 4.74 Å². The van der Waals surface area contributed by atoms with Crippen molar-refractivity contribution in [3.8, 4) is 11.3 Å². The summed E-state index contributed by atoms with van der Waals surface area (Å²) in [6.45, 7) is 1.75. The summed E-state index contributed by atoms with van der Waals surface area (Å²) in [5.74, 6) is -0.738. The zero-order valence-corrected chi connectivity index (χ0v) is 17.3. The van der Waals surface area contributed by atoms with E-state index in [1.165, 1.54) is 23.4 Å². The van der Waals surface area contributed by atoms with E-state index in [9.17, 15) is 9.59 Å².